The van der Waals surface area contributed by atoms with Gasteiger partial charge in [0.2, 0.25) is 21.1 Å². The molecule has 1 aromatic heterocycles. The van der Waals surface area contributed by atoms with Crippen LogP contribution >= 0.6 is 11.8 Å². The lowest BCUT2D eigenvalue weighted by Gasteiger charge is -2.34. The third-order valence-electron chi connectivity index (χ3n) is 5.34. The summed E-state index contributed by atoms with van der Waals surface area (Å²) in [5.74, 6) is 6.09. The Kier molecular flexibility index (Phi) is 6.68. The highest BCUT2D eigenvalue weighted by Gasteiger charge is 2.30. The second-order valence-corrected chi connectivity index (χ2v) is 10.5. The summed E-state index contributed by atoms with van der Waals surface area (Å²) in [6.07, 6.45) is 0. The van der Waals surface area contributed by atoms with Gasteiger partial charge in [0.25, 0.3) is 0 Å². The van der Waals surface area contributed by atoms with Crippen LogP contribution in [0.2, 0.25) is 0 Å². The monoisotopic (exact) mass is 490 g/mol. The van der Waals surface area contributed by atoms with E-state index in [0.29, 0.717) is 11.0 Å². The quantitative estimate of drug-likeness (QED) is 0.413. The summed E-state index contributed by atoms with van der Waals surface area (Å²) in [5, 5.41) is 8.62. The summed E-state index contributed by atoms with van der Waals surface area (Å²) in [6, 6.07) is 12.4. The maximum absolute atomic E-state index is 13.1. The largest absolute Gasteiger partial charge is 0.339 e. The summed E-state index contributed by atoms with van der Waals surface area (Å²) >= 11 is 1.18. The fourth-order valence-corrected chi connectivity index (χ4v) is 5.61. The van der Waals surface area contributed by atoms with Gasteiger partial charge in [-0.15, -0.1) is 10.2 Å². The number of sulfonamides is 1. The van der Waals surface area contributed by atoms with Gasteiger partial charge in [0.1, 0.15) is 5.82 Å². The molecule has 12 heteroatoms. The molecule has 0 aliphatic carbocycles. The number of nitrogen functional groups attached to an aromatic ring is 1. The molecule has 1 aliphatic rings. The van der Waals surface area contributed by atoms with Crippen LogP contribution in [-0.4, -0.2) is 70.3 Å². The van der Waals surface area contributed by atoms with Crippen molar-refractivity contribution in [3.8, 4) is 11.4 Å². The van der Waals surface area contributed by atoms with Crippen LogP contribution in [0.4, 0.5) is 4.39 Å². The van der Waals surface area contributed by atoms with Crippen molar-refractivity contribution in [1.82, 2.24) is 24.1 Å². The van der Waals surface area contributed by atoms with Gasteiger partial charge in [-0.2, -0.15) is 4.31 Å². The molecule has 0 spiro atoms. The zero-order chi connectivity index (χ0) is 23.6. The zero-order valence-electron chi connectivity index (χ0n) is 17.9. The van der Waals surface area contributed by atoms with Crippen LogP contribution in [0.3, 0.4) is 0 Å². The SMILES string of the molecule is Cc1ccc(-c2nnc(SCC(=O)N3CCN(S(=O)(=O)c4ccc(F)cc4)CC3)n2N)cc1. The first-order chi connectivity index (χ1) is 15.8. The minimum Gasteiger partial charge on any atom is -0.339 e. The Balaban J connectivity index is 1.33. The van der Waals surface area contributed by atoms with Crippen LogP contribution in [0.15, 0.2) is 58.6 Å². The highest BCUT2D eigenvalue weighted by Crippen LogP contribution is 2.23. The van der Waals surface area contributed by atoms with Crippen molar-refractivity contribution >= 4 is 27.7 Å². The lowest BCUT2D eigenvalue weighted by molar-refractivity contribution is -0.129. The first kappa shape index (κ1) is 23.2. The van der Waals surface area contributed by atoms with Gasteiger partial charge in [-0.3, -0.25) is 4.79 Å². The second-order valence-electron chi connectivity index (χ2n) is 7.57. The summed E-state index contributed by atoms with van der Waals surface area (Å²) in [6.45, 7) is 2.86. The Morgan fingerprint density at radius 3 is 2.30 bits per heavy atom. The number of carbonyl (C=O) groups is 1. The van der Waals surface area contributed by atoms with E-state index in [2.05, 4.69) is 10.2 Å². The Labute approximate surface area is 195 Å². The number of piperazine rings is 1. The van der Waals surface area contributed by atoms with Crippen molar-refractivity contribution in [2.24, 2.45) is 0 Å². The Bertz CT molecular complexity index is 1240. The highest BCUT2D eigenvalue weighted by molar-refractivity contribution is 7.99. The summed E-state index contributed by atoms with van der Waals surface area (Å²) in [7, 11) is -3.73. The maximum Gasteiger partial charge on any atom is 0.243 e. The fourth-order valence-electron chi connectivity index (χ4n) is 3.43. The van der Waals surface area contributed by atoms with Crippen molar-refractivity contribution in [3.05, 3.63) is 59.9 Å². The van der Waals surface area contributed by atoms with Gasteiger partial charge in [0.05, 0.1) is 10.6 Å². The number of halogens is 1. The zero-order valence-corrected chi connectivity index (χ0v) is 19.5. The van der Waals surface area contributed by atoms with Crippen LogP contribution in [0.1, 0.15) is 5.56 Å². The Morgan fingerprint density at radius 2 is 1.67 bits per heavy atom. The van der Waals surface area contributed by atoms with Crippen LogP contribution in [0, 0.1) is 12.7 Å². The molecule has 0 bridgehead atoms. The van der Waals surface area contributed by atoms with E-state index in [0.717, 1.165) is 23.3 Å². The van der Waals surface area contributed by atoms with E-state index in [1.165, 1.54) is 32.9 Å². The number of hydrogen-bond acceptors (Lipinski definition) is 7. The molecule has 1 fully saturated rings. The summed E-state index contributed by atoms with van der Waals surface area (Å²) < 4.78 is 41.2. The molecule has 0 radical (unpaired) electrons. The first-order valence-electron chi connectivity index (χ1n) is 10.2. The molecule has 4 rings (SSSR count). The summed E-state index contributed by atoms with van der Waals surface area (Å²) in [4.78, 5) is 14.3. The van der Waals surface area contributed by atoms with E-state index in [4.69, 9.17) is 5.84 Å². The number of nitrogens with two attached hydrogens (primary N) is 1. The van der Waals surface area contributed by atoms with Gasteiger partial charge < -0.3 is 10.7 Å². The summed E-state index contributed by atoms with van der Waals surface area (Å²) in [5.41, 5.74) is 1.94. The van der Waals surface area contributed by atoms with E-state index in [-0.39, 0.29) is 42.7 Å². The van der Waals surface area contributed by atoms with Crippen LogP contribution < -0.4 is 5.84 Å². The second kappa shape index (κ2) is 9.49. The molecule has 174 valence electrons. The molecule has 2 heterocycles. The van der Waals surface area contributed by atoms with E-state index in [9.17, 15) is 17.6 Å². The predicted octanol–water partition coefficient (Wildman–Crippen LogP) is 1.73. The number of carbonyl (C=O) groups excluding carboxylic acids is 1. The van der Waals surface area contributed by atoms with Gasteiger partial charge >= 0.3 is 0 Å². The molecule has 9 nitrogen and oxygen atoms in total. The van der Waals surface area contributed by atoms with Crippen molar-refractivity contribution in [2.45, 2.75) is 17.0 Å². The third kappa shape index (κ3) is 5.02. The van der Waals surface area contributed by atoms with E-state index in [1.54, 1.807) is 4.90 Å². The molecule has 1 aliphatic heterocycles. The Hall–Kier alpha value is -2.96. The van der Waals surface area contributed by atoms with Gasteiger partial charge in [0.15, 0.2) is 5.82 Å². The van der Waals surface area contributed by atoms with Crippen molar-refractivity contribution in [1.29, 1.82) is 0 Å². The molecule has 1 amide bonds. The number of benzene rings is 2. The number of aryl methyl sites for hydroxylation is 1. The smallest absolute Gasteiger partial charge is 0.243 e. The third-order valence-corrected chi connectivity index (χ3v) is 8.18. The maximum atomic E-state index is 13.1. The van der Waals surface area contributed by atoms with Crippen LogP contribution in [0.5, 0.6) is 0 Å². The molecule has 2 aromatic carbocycles. The number of rotatable bonds is 6. The number of thioether (sulfide) groups is 1. The average Bonchev–Trinajstić information content (AvgIpc) is 3.18. The van der Waals surface area contributed by atoms with E-state index in [1.807, 2.05) is 31.2 Å². The lowest BCUT2D eigenvalue weighted by atomic mass is 10.1. The topological polar surface area (TPSA) is 114 Å². The standard InChI is InChI=1S/C21H23FN6O3S2/c1-15-2-4-16(5-3-15)20-24-25-21(28(20)23)32-14-19(29)26-10-12-27(13-11-26)33(30,31)18-8-6-17(22)7-9-18/h2-9H,10-14,23H2,1H3. The Morgan fingerprint density at radius 1 is 1.03 bits per heavy atom. The van der Waals surface area contributed by atoms with Crippen molar-refractivity contribution < 1.29 is 17.6 Å². The van der Waals surface area contributed by atoms with Crippen LogP contribution in [0.25, 0.3) is 11.4 Å². The molecule has 0 unspecified atom stereocenters. The van der Waals surface area contributed by atoms with E-state index >= 15 is 0 Å². The van der Waals surface area contributed by atoms with Gasteiger partial charge in [-0.05, 0) is 31.2 Å². The molecular formula is C21H23FN6O3S2. The number of hydrogen-bond donors (Lipinski definition) is 1. The number of aromatic nitrogens is 3. The van der Waals surface area contributed by atoms with Gasteiger partial charge in [0, 0.05) is 31.7 Å². The predicted molar refractivity (Wildman–Crippen MR) is 123 cm³/mol. The number of amides is 1. The minimum absolute atomic E-state index is 0.0332. The molecule has 1 saturated heterocycles. The normalized spacial score (nSPS) is 15.0. The molecule has 0 saturated carbocycles. The lowest BCUT2D eigenvalue weighted by Crippen LogP contribution is -2.51. The molecule has 3 aromatic rings. The molecule has 0 atom stereocenters. The van der Waals surface area contributed by atoms with Gasteiger partial charge in [-0.25, -0.2) is 17.5 Å². The fraction of sp³-hybridized carbons (Fsp3) is 0.286. The molecule has 33 heavy (non-hydrogen) atoms. The minimum atomic E-state index is -3.73. The van der Waals surface area contributed by atoms with Gasteiger partial charge in [-0.1, -0.05) is 41.6 Å². The molecule has 2 N–H and O–H groups in total. The van der Waals surface area contributed by atoms with E-state index < -0.39 is 15.8 Å². The van der Waals surface area contributed by atoms with Crippen molar-refractivity contribution in [3.63, 3.8) is 0 Å². The average molecular weight is 491 g/mol. The molecular weight excluding hydrogens is 467 g/mol. The number of nitrogens with zero attached hydrogens (tertiary/aromatic N) is 5. The first-order valence-corrected chi connectivity index (χ1v) is 12.6. The van der Waals surface area contributed by atoms with Crippen molar-refractivity contribution in [2.75, 3.05) is 37.8 Å². The highest BCUT2D eigenvalue weighted by atomic mass is 32.2. The van der Waals surface area contributed by atoms with Crippen LogP contribution in [-0.2, 0) is 14.8 Å².